The van der Waals surface area contributed by atoms with Gasteiger partial charge in [-0.2, -0.15) is 0 Å². The minimum atomic E-state index is -0.578. The summed E-state index contributed by atoms with van der Waals surface area (Å²) in [6.45, 7) is 6.59. The van der Waals surface area contributed by atoms with Crippen molar-refractivity contribution in [2.24, 2.45) is 17.8 Å². The summed E-state index contributed by atoms with van der Waals surface area (Å²) in [5.41, 5.74) is 0. The zero-order chi connectivity index (χ0) is 11.7. The molecule has 0 spiro atoms. The van der Waals surface area contributed by atoms with Crippen molar-refractivity contribution in [2.45, 2.75) is 45.6 Å². The molecule has 1 saturated heterocycles. The second kappa shape index (κ2) is 4.74. The second-order valence-corrected chi connectivity index (χ2v) is 5.80. The summed E-state index contributed by atoms with van der Waals surface area (Å²) in [7, 11) is 0. The Kier molecular flexibility index (Phi) is 3.53. The predicted molar refractivity (Wildman–Crippen MR) is 63.3 cm³/mol. The van der Waals surface area contributed by atoms with Gasteiger partial charge in [-0.1, -0.05) is 13.8 Å². The lowest BCUT2D eigenvalue weighted by molar-refractivity contribution is -0.146. The zero-order valence-electron chi connectivity index (χ0n) is 10.4. The van der Waals surface area contributed by atoms with Crippen molar-refractivity contribution in [1.29, 1.82) is 0 Å². The Bertz CT molecular complexity index is 261. The number of carbonyl (C=O) groups is 1. The van der Waals surface area contributed by atoms with E-state index in [1.165, 1.54) is 12.8 Å². The van der Waals surface area contributed by atoms with Crippen molar-refractivity contribution >= 4 is 5.97 Å². The SMILES string of the molecule is CC(C)CN1CCC[C@H](C(=O)O)[C@H]1C1CC1. The van der Waals surface area contributed by atoms with Crippen LogP contribution in [0.3, 0.4) is 0 Å². The van der Waals surface area contributed by atoms with Crippen molar-refractivity contribution in [2.75, 3.05) is 13.1 Å². The average Bonchev–Trinajstić information content (AvgIpc) is 2.99. The van der Waals surface area contributed by atoms with Crippen LogP contribution in [0.4, 0.5) is 0 Å². The lowest BCUT2D eigenvalue weighted by Crippen LogP contribution is -2.50. The highest BCUT2D eigenvalue weighted by Gasteiger charge is 2.44. The fourth-order valence-corrected chi connectivity index (χ4v) is 3.10. The van der Waals surface area contributed by atoms with E-state index in [0.717, 1.165) is 25.9 Å². The first-order valence-corrected chi connectivity index (χ1v) is 6.56. The van der Waals surface area contributed by atoms with Crippen LogP contribution in [0.1, 0.15) is 39.5 Å². The summed E-state index contributed by atoms with van der Waals surface area (Å²) in [6, 6.07) is 0.327. The van der Waals surface area contributed by atoms with Crippen LogP contribution in [0.15, 0.2) is 0 Å². The van der Waals surface area contributed by atoms with Gasteiger partial charge in [-0.15, -0.1) is 0 Å². The molecule has 0 amide bonds. The zero-order valence-corrected chi connectivity index (χ0v) is 10.4. The lowest BCUT2D eigenvalue weighted by atomic mass is 9.85. The predicted octanol–water partition coefficient (Wildman–Crippen LogP) is 2.22. The van der Waals surface area contributed by atoms with Gasteiger partial charge in [0, 0.05) is 12.6 Å². The summed E-state index contributed by atoms with van der Waals surface area (Å²) >= 11 is 0. The van der Waals surface area contributed by atoms with E-state index in [1.54, 1.807) is 0 Å². The molecule has 0 bridgehead atoms. The van der Waals surface area contributed by atoms with Crippen LogP contribution in [0.25, 0.3) is 0 Å². The van der Waals surface area contributed by atoms with Gasteiger partial charge in [0.05, 0.1) is 5.92 Å². The first kappa shape index (κ1) is 11.9. The molecule has 0 aromatic carbocycles. The van der Waals surface area contributed by atoms with E-state index in [2.05, 4.69) is 18.7 Å². The van der Waals surface area contributed by atoms with Crippen molar-refractivity contribution in [1.82, 2.24) is 4.90 Å². The van der Waals surface area contributed by atoms with E-state index < -0.39 is 5.97 Å². The van der Waals surface area contributed by atoms with E-state index in [1.807, 2.05) is 0 Å². The molecule has 16 heavy (non-hydrogen) atoms. The van der Waals surface area contributed by atoms with Crippen LogP contribution in [0.2, 0.25) is 0 Å². The van der Waals surface area contributed by atoms with Crippen molar-refractivity contribution in [3.8, 4) is 0 Å². The molecule has 2 fully saturated rings. The maximum absolute atomic E-state index is 11.3. The van der Waals surface area contributed by atoms with Gasteiger partial charge < -0.3 is 5.11 Å². The number of hydrogen-bond acceptors (Lipinski definition) is 2. The number of piperidine rings is 1. The summed E-state index contributed by atoms with van der Waals surface area (Å²) in [4.78, 5) is 13.8. The number of rotatable bonds is 4. The topological polar surface area (TPSA) is 40.5 Å². The third-order valence-corrected chi connectivity index (χ3v) is 3.82. The molecule has 2 atom stereocenters. The molecule has 1 N–H and O–H groups in total. The molecular formula is C13H23NO2. The highest BCUT2D eigenvalue weighted by molar-refractivity contribution is 5.71. The van der Waals surface area contributed by atoms with Gasteiger partial charge in [0.2, 0.25) is 0 Å². The van der Waals surface area contributed by atoms with Crippen molar-refractivity contribution < 1.29 is 9.90 Å². The van der Waals surface area contributed by atoms with Crippen LogP contribution < -0.4 is 0 Å². The maximum Gasteiger partial charge on any atom is 0.308 e. The fourth-order valence-electron chi connectivity index (χ4n) is 3.10. The normalized spacial score (nSPS) is 31.9. The fraction of sp³-hybridized carbons (Fsp3) is 0.923. The Morgan fingerprint density at radius 3 is 2.56 bits per heavy atom. The van der Waals surface area contributed by atoms with Crippen molar-refractivity contribution in [3.63, 3.8) is 0 Å². The smallest absolute Gasteiger partial charge is 0.308 e. The van der Waals surface area contributed by atoms with E-state index >= 15 is 0 Å². The third kappa shape index (κ3) is 2.57. The maximum atomic E-state index is 11.3. The molecule has 1 aliphatic heterocycles. The number of carboxylic acids is 1. The quantitative estimate of drug-likeness (QED) is 0.797. The number of aliphatic carboxylic acids is 1. The first-order valence-electron chi connectivity index (χ1n) is 6.56. The molecule has 2 aliphatic rings. The molecule has 0 aromatic heterocycles. The molecule has 3 nitrogen and oxygen atoms in total. The summed E-state index contributed by atoms with van der Waals surface area (Å²) in [5.74, 6) is 0.610. The van der Waals surface area contributed by atoms with Crippen molar-refractivity contribution in [3.05, 3.63) is 0 Å². The molecule has 0 aromatic rings. The lowest BCUT2D eigenvalue weighted by Gasteiger charge is -2.40. The Labute approximate surface area is 97.8 Å². The van der Waals surface area contributed by atoms with Crippen LogP contribution in [-0.4, -0.2) is 35.1 Å². The van der Waals surface area contributed by atoms with Gasteiger partial charge in [-0.05, 0) is 44.1 Å². The molecule has 2 rings (SSSR count). The number of hydrogen-bond donors (Lipinski definition) is 1. The summed E-state index contributed by atoms with van der Waals surface area (Å²) < 4.78 is 0. The minimum absolute atomic E-state index is 0.111. The van der Waals surface area contributed by atoms with Crippen LogP contribution in [0.5, 0.6) is 0 Å². The number of likely N-dealkylation sites (tertiary alicyclic amines) is 1. The van der Waals surface area contributed by atoms with E-state index in [4.69, 9.17) is 0 Å². The molecule has 0 radical (unpaired) electrons. The Morgan fingerprint density at radius 2 is 2.06 bits per heavy atom. The van der Waals surface area contributed by atoms with Gasteiger partial charge in [-0.25, -0.2) is 0 Å². The van der Waals surface area contributed by atoms with E-state index in [0.29, 0.717) is 17.9 Å². The van der Waals surface area contributed by atoms with Crippen LogP contribution in [-0.2, 0) is 4.79 Å². The Morgan fingerprint density at radius 1 is 1.38 bits per heavy atom. The number of carboxylic acid groups (broad SMARTS) is 1. The Balaban J connectivity index is 2.07. The highest BCUT2D eigenvalue weighted by atomic mass is 16.4. The van der Waals surface area contributed by atoms with E-state index in [-0.39, 0.29) is 5.92 Å². The van der Waals surface area contributed by atoms with Crippen LogP contribution in [0, 0.1) is 17.8 Å². The molecule has 0 unspecified atom stereocenters. The summed E-state index contributed by atoms with van der Waals surface area (Å²) in [6.07, 6.45) is 4.41. The largest absolute Gasteiger partial charge is 0.481 e. The first-order chi connectivity index (χ1) is 7.59. The minimum Gasteiger partial charge on any atom is -0.481 e. The Hall–Kier alpha value is -0.570. The van der Waals surface area contributed by atoms with Gasteiger partial charge in [0.15, 0.2) is 0 Å². The average molecular weight is 225 g/mol. The van der Waals surface area contributed by atoms with E-state index in [9.17, 15) is 9.90 Å². The monoisotopic (exact) mass is 225 g/mol. The molecule has 1 aliphatic carbocycles. The summed E-state index contributed by atoms with van der Waals surface area (Å²) in [5, 5.41) is 9.31. The van der Waals surface area contributed by atoms with Crippen LogP contribution >= 0.6 is 0 Å². The van der Waals surface area contributed by atoms with Gasteiger partial charge in [-0.3, -0.25) is 9.69 Å². The molecule has 1 saturated carbocycles. The van der Waals surface area contributed by atoms with Gasteiger partial charge in [0.25, 0.3) is 0 Å². The molecular weight excluding hydrogens is 202 g/mol. The highest BCUT2D eigenvalue weighted by Crippen LogP contribution is 2.42. The molecule has 3 heteroatoms. The third-order valence-electron chi connectivity index (χ3n) is 3.82. The van der Waals surface area contributed by atoms with Gasteiger partial charge in [0.1, 0.15) is 0 Å². The second-order valence-electron chi connectivity index (χ2n) is 5.80. The molecule has 92 valence electrons. The number of nitrogens with zero attached hydrogens (tertiary/aromatic N) is 1. The standard InChI is InChI=1S/C13H23NO2/c1-9(2)8-14-7-3-4-11(13(15)16)12(14)10-5-6-10/h9-12H,3-8H2,1-2H3,(H,15,16)/t11-,12+/m0/s1. The van der Waals surface area contributed by atoms with Gasteiger partial charge >= 0.3 is 5.97 Å². The molecule has 1 heterocycles.